The van der Waals surface area contributed by atoms with Crippen molar-refractivity contribution in [3.05, 3.63) is 12.2 Å². The zero-order chi connectivity index (χ0) is 8.85. The Labute approximate surface area is 84.8 Å². The monoisotopic (exact) mass is 209 g/mol. The number of carbonyl (C=O) groups excluding carboxylic acids is 1. The standard InChI is InChI=1S/C8H15NOS.ClH/c1-7(2)8(10)11-6-5-9(3)4;/h1,5-6H2,2-4H3;1H. The van der Waals surface area contributed by atoms with Crippen LogP contribution in [0.4, 0.5) is 0 Å². The van der Waals surface area contributed by atoms with Gasteiger partial charge in [0.15, 0.2) is 0 Å². The average molecular weight is 210 g/mol. The number of carbonyl (C=O) groups is 1. The lowest BCUT2D eigenvalue weighted by Crippen LogP contribution is -2.15. The van der Waals surface area contributed by atoms with Crippen LogP contribution >= 0.6 is 24.2 Å². The van der Waals surface area contributed by atoms with Gasteiger partial charge in [0, 0.05) is 12.3 Å². The summed E-state index contributed by atoms with van der Waals surface area (Å²) in [5.74, 6) is 0.846. The van der Waals surface area contributed by atoms with Crippen molar-refractivity contribution in [1.82, 2.24) is 4.90 Å². The summed E-state index contributed by atoms with van der Waals surface area (Å²) in [7, 11) is 3.98. The Hall–Kier alpha value is 0.01000. The number of halogens is 1. The summed E-state index contributed by atoms with van der Waals surface area (Å²) in [6.07, 6.45) is 0. The van der Waals surface area contributed by atoms with Crippen LogP contribution in [0.1, 0.15) is 6.92 Å². The van der Waals surface area contributed by atoms with E-state index in [0.717, 1.165) is 12.3 Å². The molecule has 0 N–H and O–H groups in total. The van der Waals surface area contributed by atoms with E-state index in [1.807, 2.05) is 14.1 Å². The molecule has 0 aromatic heterocycles. The van der Waals surface area contributed by atoms with Gasteiger partial charge < -0.3 is 4.90 Å². The van der Waals surface area contributed by atoms with Crippen LogP contribution in [0.2, 0.25) is 0 Å². The van der Waals surface area contributed by atoms with Gasteiger partial charge in [-0.25, -0.2) is 0 Å². The summed E-state index contributed by atoms with van der Waals surface area (Å²) in [6, 6.07) is 0. The molecular formula is C8H16ClNOS. The van der Waals surface area contributed by atoms with Gasteiger partial charge in [0.1, 0.15) is 0 Å². The molecule has 0 aliphatic carbocycles. The lowest BCUT2D eigenvalue weighted by molar-refractivity contribution is -0.107. The Balaban J connectivity index is 0. The van der Waals surface area contributed by atoms with E-state index in [1.54, 1.807) is 6.92 Å². The molecule has 0 heterocycles. The first kappa shape index (κ1) is 14.5. The van der Waals surface area contributed by atoms with Crippen molar-refractivity contribution in [2.24, 2.45) is 0 Å². The second kappa shape index (κ2) is 7.65. The second-order valence-corrected chi connectivity index (χ2v) is 3.79. The van der Waals surface area contributed by atoms with Gasteiger partial charge >= 0.3 is 0 Å². The maximum Gasteiger partial charge on any atom is 0.214 e. The fourth-order valence-corrected chi connectivity index (χ4v) is 1.33. The van der Waals surface area contributed by atoms with Crippen molar-refractivity contribution in [3.8, 4) is 0 Å². The molecule has 0 saturated heterocycles. The lowest BCUT2D eigenvalue weighted by atomic mass is 10.4. The number of thioether (sulfide) groups is 1. The third-order valence-electron chi connectivity index (χ3n) is 1.12. The second-order valence-electron chi connectivity index (χ2n) is 2.72. The van der Waals surface area contributed by atoms with Crippen LogP contribution in [0.25, 0.3) is 0 Å². The van der Waals surface area contributed by atoms with Crippen molar-refractivity contribution in [1.29, 1.82) is 0 Å². The molecule has 0 saturated carbocycles. The number of nitrogens with zero attached hydrogens (tertiary/aromatic N) is 1. The molecule has 0 fully saturated rings. The van der Waals surface area contributed by atoms with Gasteiger partial charge in [0.2, 0.25) is 5.12 Å². The van der Waals surface area contributed by atoms with E-state index in [9.17, 15) is 4.79 Å². The summed E-state index contributed by atoms with van der Waals surface area (Å²) >= 11 is 1.33. The highest BCUT2D eigenvalue weighted by Gasteiger charge is 2.01. The molecule has 0 aliphatic heterocycles. The predicted molar refractivity (Wildman–Crippen MR) is 58.1 cm³/mol. The van der Waals surface area contributed by atoms with Crippen LogP contribution in [0.5, 0.6) is 0 Å². The summed E-state index contributed by atoms with van der Waals surface area (Å²) < 4.78 is 0. The first-order valence-electron chi connectivity index (χ1n) is 3.51. The molecule has 72 valence electrons. The SMILES string of the molecule is C=C(C)C(=O)SCCN(C)C.Cl. The largest absolute Gasteiger partial charge is 0.309 e. The molecule has 0 atom stereocenters. The average Bonchev–Trinajstić information content (AvgIpc) is 1.86. The highest BCUT2D eigenvalue weighted by molar-refractivity contribution is 8.14. The van der Waals surface area contributed by atoms with Crippen molar-refractivity contribution < 1.29 is 4.79 Å². The van der Waals surface area contributed by atoms with E-state index >= 15 is 0 Å². The molecule has 0 aromatic rings. The van der Waals surface area contributed by atoms with E-state index in [2.05, 4.69) is 11.5 Å². The molecule has 0 aromatic carbocycles. The molecule has 0 radical (unpaired) electrons. The molecule has 0 amide bonds. The summed E-state index contributed by atoms with van der Waals surface area (Å²) in [5, 5.41) is 0.104. The Bertz CT molecular complexity index is 159. The van der Waals surface area contributed by atoms with Crippen LogP contribution in [0.3, 0.4) is 0 Å². The van der Waals surface area contributed by atoms with Crippen molar-refractivity contribution in [2.45, 2.75) is 6.92 Å². The van der Waals surface area contributed by atoms with Crippen molar-refractivity contribution >= 4 is 29.3 Å². The Kier molecular flexibility index (Phi) is 9.26. The predicted octanol–water partition coefficient (Wildman–Crippen LogP) is 1.81. The minimum Gasteiger partial charge on any atom is -0.309 e. The Morgan fingerprint density at radius 3 is 2.33 bits per heavy atom. The quantitative estimate of drug-likeness (QED) is 0.659. The summed E-state index contributed by atoms with van der Waals surface area (Å²) in [4.78, 5) is 13.0. The minimum absolute atomic E-state index is 0. The Morgan fingerprint density at radius 2 is 2.00 bits per heavy atom. The van der Waals surface area contributed by atoms with Crippen molar-refractivity contribution in [3.63, 3.8) is 0 Å². The molecule has 0 spiro atoms. The smallest absolute Gasteiger partial charge is 0.214 e. The minimum atomic E-state index is 0. The van der Waals surface area contributed by atoms with Crippen LogP contribution in [-0.2, 0) is 4.79 Å². The normalized spacial score (nSPS) is 9.33. The number of rotatable bonds is 4. The Morgan fingerprint density at radius 1 is 1.50 bits per heavy atom. The van der Waals surface area contributed by atoms with Crippen LogP contribution in [0, 0.1) is 0 Å². The molecule has 0 bridgehead atoms. The summed E-state index contributed by atoms with van der Waals surface area (Å²) in [5.41, 5.74) is 0.633. The highest BCUT2D eigenvalue weighted by Crippen LogP contribution is 2.07. The van der Waals surface area contributed by atoms with E-state index in [4.69, 9.17) is 0 Å². The van der Waals surface area contributed by atoms with E-state index < -0.39 is 0 Å². The van der Waals surface area contributed by atoms with Gasteiger partial charge in [-0.15, -0.1) is 12.4 Å². The van der Waals surface area contributed by atoms with E-state index in [0.29, 0.717) is 5.57 Å². The third-order valence-corrected chi connectivity index (χ3v) is 2.12. The molecule has 0 rings (SSSR count). The molecule has 4 heteroatoms. The summed E-state index contributed by atoms with van der Waals surface area (Å²) in [6.45, 7) is 6.24. The molecule has 0 aliphatic rings. The lowest BCUT2D eigenvalue weighted by Gasteiger charge is -2.07. The van der Waals surface area contributed by atoms with Gasteiger partial charge in [0.05, 0.1) is 0 Å². The fourth-order valence-electron chi connectivity index (χ4n) is 0.444. The number of hydrogen-bond donors (Lipinski definition) is 0. The molecule has 0 unspecified atom stereocenters. The maximum atomic E-state index is 11.0. The molecule has 12 heavy (non-hydrogen) atoms. The van der Waals surface area contributed by atoms with E-state index in [-0.39, 0.29) is 17.5 Å². The van der Waals surface area contributed by atoms with Crippen LogP contribution < -0.4 is 0 Å². The van der Waals surface area contributed by atoms with Crippen LogP contribution in [0.15, 0.2) is 12.2 Å². The van der Waals surface area contributed by atoms with Gasteiger partial charge in [0.25, 0.3) is 0 Å². The van der Waals surface area contributed by atoms with Gasteiger partial charge in [-0.3, -0.25) is 4.79 Å². The third kappa shape index (κ3) is 8.11. The van der Waals surface area contributed by atoms with Gasteiger partial charge in [-0.1, -0.05) is 18.3 Å². The topological polar surface area (TPSA) is 20.3 Å². The fraction of sp³-hybridized carbons (Fsp3) is 0.625. The van der Waals surface area contributed by atoms with Gasteiger partial charge in [-0.05, 0) is 26.6 Å². The van der Waals surface area contributed by atoms with Gasteiger partial charge in [-0.2, -0.15) is 0 Å². The zero-order valence-corrected chi connectivity index (χ0v) is 9.43. The highest BCUT2D eigenvalue weighted by atomic mass is 35.5. The zero-order valence-electron chi connectivity index (χ0n) is 7.79. The van der Waals surface area contributed by atoms with E-state index in [1.165, 1.54) is 11.8 Å². The van der Waals surface area contributed by atoms with Crippen molar-refractivity contribution in [2.75, 3.05) is 26.4 Å². The molecule has 2 nitrogen and oxygen atoms in total. The first-order chi connectivity index (χ1) is 5.04. The molecular weight excluding hydrogens is 194 g/mol. The maximum absolute atomic E-state index is 11.0. The first-order valence-corrected chi connectivity index (χ1v) is 4.50. The van der Waals surface area contributed by atoms with Crippen LogP contribution in [-0.4, -0.2) is 36.4 Å². The number of hydrogen-bond acceptors (Lipinski definition) is 3.